The van der Waals surface area contributed by atoms with Gasteiger partial charge in [0.1, 0.15) is 0 Å². The zero-order valence-electron chi connectivity index (χ0n) is 10.1. The smallest absolute Gasteiger partial charge is 0.0643 e. The predicted octanol–water partition coefficient (Wildman–Crippen LogP) is 2.02. The van der Waals surface area contributed by atoms with Gasteiger partial charge in [-0.3, -0.25) is 0 Å². The molecule has 1 heterocycles. The van der Waals surface area contributed by atoms with Crippen LogP contribution in [0.25, 0.3) is 0 Å². The molecule has 1 atom stereocenters. The fraction of sp³-hybridized carbons (Fsp3) is 0.538. The Kier molecular flexibility index (Phi) is 4.26. The van der Waals surface area contributed by atoms with Gasteiger partial charge in [0, 0.05) is 13.1 Å². The Balaban J connectivity index is 2.35. The number of nitrogens with one attached hydrogen (secondary N) is 1. The summed E-state index contributed by atoms with van der Waals surface area (Å²) in [6, 6.07) is 6.20. The van der Waals surface area contributed by atoms with Gasteiger partial charge < -0.3 is 15.3 Å². The first kappa shape index (κ1) is 12.7. The lowest BCUT2D eigenvalue weighted by atomic mass is 10.1. The molecule has 1 aliphatic rings. The average molecular weight is 255 g/mol. The number of hydrogen-bond acceptors (Lipinski definition) is 3. The van der Waals surface area contributed by atoms with E-state index in [4.69, 9.17) is 11.6 Å². The predicted molar refractivity (Wildman–Crippen MR) is 71.7 cm³/mol. The number of halogens is 1. The van der Waals surface area contributed by atoms with Crippen molar-refractivity contribution in [3.8, 4) is 0 Å². The molecule has 2 N–H and O–H groups in total. The number of anilines is 1. The van der Waals surface area contributed by atoms with Gasteiger partial charge in [0.25, 0.3) is 0 Å². The van der Waals surface area contributed by atoms with Gasteiger partial charge in [-0.25, -0.2) is 0 Å². The van der Waals surface area contributed by atoms with Gasteiger partial charge in [-0.05, 0) is 31.5 Å². The molecular weight excluding hydrogens is 236 g/mol. The van der Waals surface area contributed by atoms with Crippen molar-refractivity contribution in [3.05, 3.63) is 28.8 Å². The number of rotatable bonds is 4. The molecule has 0 bridgehead atoms. The summed E-state index contributed by atoms with van der Waals surface area (Å²) in [6.07, 6.45) is 2.16. The third kappa shape index (κ3) is 2.57. The Morgan fingerprint density at radius 1 is 1.53 bits per heavy atom. The van der Waals surface area contributed by atoms with Gasteiger partial charge in [0.05, 0.1) is 23.4 Å². The number of benzene rings is 1. The van der Waals surface area contributed by atoms with Crippen LogP contribution >= 0.6 is 11.6 Å². The second kappa shape index (κ2) is 5.71. The number of aliphatic hydroxyl groups excluding tert-OH is 1. The van der Waals surface area contributed by atoms with Crippen LogP contribution in [0.5, 0.6) is 0 Å². The lowest BCUT2D eigenvalue weighted by Crippen LogP contribution is -2.33. The summed E-state index contributed by atoms with van der Waals surface area (Å²) < 4.78 is 0. The summed E-state index contributed by atoms with van der Waals surface area (Å²) in [7, 11) is 1.93. The topological polar surface area (TPSA) is 35.5 Å². The molecule has 1 unspecified atom stereocenters. The van der Waals surface area contributed by atoms with E-state index in [1.165, 1.54) is 5.56 Å². The monoisotopic (exact) mass is 254 g/mol. The van der Waals surface area contributed by atoms with Crippen LogP contribution in [0, 0.1) is 0 Å². The van der Waals surface area contributed by atoms with Crippen molar-refractivity contribution < 1.29 is 5.11 Å². The summed E-state index contributed by atoms with van der Waals surface area (Å²) in [5.41, 5.74) is 2.28. The van der Waals surface area contributed by atoms with Crippen molar-refractivity contribution in [2.45, 2.75) is 25.4 Å². The molecule has 4 heteroatoms. The number of aliphatic hydroxyl groups is 1. The number of nitrogens with zero attached hydrogens (tertiary/aromatic N) is 1. The molecule has 0 aromatic heterocycles. The highest BCUT2D eigenvalue weighted by Crippen LogP contribution is 2.34. The largest absolute Gasteiger partial charge is 0.394 e. The van der Waals surface area contributed by atoms with E-state index in [9.17, 15) is 5.11 Å². The molecule has 1 saturated heterocycles. The normalized spacial score (nSPS) is 19.9. The van der Waals surface area contributed by atoms with Gasteiger partial charge in [0.2, 0.25) is 0 Å². The molecule has 3 nitrogen and oxygen atoms in total. The molecule has 1 aromatic carbocycles. The molecule has 1 aromatic rings. The van der Waals surface area contributed by atoms with Crippen molar-refractivity contribution in [2.24, 2.45) is 0 Å². The van der Waals surface area contributed by atoms with E-state index in [2.05, 4.69) is 16.3 Å². The van der Waals surface area contributed by atoms with E-state index in [0.717, 1.165) is 36.6 Å². The molecule has 0 aliphatic carbocycles. The lowest BCUT2D eigenvalue weighted by molar-refractivity contribution is 0.266. The highest BCUT2D eigenvalue weighted by Gasteiger charge is 2.27. The van der Waals surface area contributed by atoms with E-state index < -0.39 is 0 Å². The third-order valence-corrected chi connectivity index (χ3v) is 3.62. The number of para-hydroxylation sites is 1. The molecule has 0 saturated carbocycles. The van der Waals surface area contributed by atoms with Crippen LogP contribution in [-0.2, 0) is 6.54 Å². The first-order chi connectivity index (χ1) is 8.27. The van der Waals surface area contributed by atoms with Crippen molar-refractivity contribution in [1.82, 2.24) is 5.32 Å². The fourth-order valence-corrected chi connectivity index (χ4v) is 2.84. The first-order valence-electron chi connectivity index (χ1n) is 6.07. The first-order valence-corrected chi connectivity index (χ1v) is 6.45. The van der Waals surface area contributed by atoms with Crippen LogP contribution < -0.4 is 10.2 Å². The fourth-order valence-electron chi connectivity index (χ4n) is 2.53. The van der Waals surface area contributed by atoms with E-state index in [1.54, 1.807) is 0 Å². The standard InChI is InChI=1S/C13H19ClN2O/c1-15-8-10-4-2-6-12(14)13(10)16-7-3-5-11(16)9-17/h2,4,6,11,15,17H,3,5,7-9H2,1H3. The molecule has 0 spiro atoms. The Bertz CT molecular complexity index is 384. The van der Waals surface area contributed by atoms with E-state index in [-0.39, 0.29) is 12.6 Å². The summed E-state index contributed by atoms with van der Waals surface area (Å²) >= 11 is 6.32. The molecule has 0 amide bonds. The molecule has 94 valence electrons. The van der Waals surface area contributed by atoms with Gasteiger partial charge in [-0.15, -0.1) is 0 Å². The molecule has 1 aliphatic heterocycles. The maximum atomic E-state index is 9.41. The van der Waals surface area contributed by atoms with Crippen molar-refractivity contribution in [3.63, 3.8) is 0 Å². The van der Waals surface area contributed by atoms with E-state index in [1.807, 2.05) is 19.2 Å². The van der Waals surface area contributed by atoms with Crippen LogP contribution in [0.1, 0.15) is 18.4 Å². The molecule has 0 radical (unpaired) electrons. The van der Waals surface area contributed by atoms with Crippen LogP contribution in [0.2, 0.25) is 5.02 Å². The van der Waals surface area contributed by atoms with E-state index in [0.29, 0.717) is 0 Å². The molecular formula is C13H19ClN2O. The molecule has 2 rings (SSSR count). The molecule has 17 heavy (non-hydrogen) atoms. The Labute approximate surface area is 107 Å². The lowest BCUT2D eigenvalue weighted by Gasteiger charge is -2.28. The minimum Gasteiger partial charge on any atom is -0.394 e. The third-order valence-electron chi connectivity index (χ3n) is 3.31. The Hall–Kier alpha value is -0.770. The molecule has 1 fully saturated rings. The quantitative estimate of drug-likeness (QED) is 0.863. The maximum Gasteiger partial charge on any atom is 0.0643 e. The SMILES string of the molecule is CNCc1cccc(Cl)c1N1CCCC1CO. The summed E-state index contributed by atoms with van der Waals surface area (Å²) in [4.78, 5) is 2.25. The Morgan fingerprint density at radius 3 is 3.06 bits per heavy atom. The second-order valence-electron chi connectivity index (χ2n) is 4.45. The van der Waals surface area contributed by atoms with Gasteiger partial charge in [-0.2, -0.15) is 0 Å². The highest BCUT2D eigenvalue weighted by molar-refractivity contribution is 6.33. The minimum atomic E-state index is 0.199. The highest BCUT2D eigenvalue weighted by atomic mass is 35.5. The van der Waals surface area contributed by atoms with Crippen LogP contribution in [0.4, 0.5) is 5.69 Å². The summed E-state index contributed by atoms with van der Waals surface area (Å²) in [5, 5.41) is 13.3. The average Bonchev–Trinajstić information content (AvgIpc) is 2.77. The van der Waals surface area contributed by atoms with Crippen molar-refractivity contribution in [1.29, 1.82) is 0 Å². The Morgan fingerprint density at radius 2 is 2.35 bits per heavy atom. The summed E-state index contributed by atoms with van der Waals surface area (Å²) in [5.74, 6) is 0. The second-order valence-corrected chi connectivity index (χ2v) is 4.86. The van der Waals surface area contributed by atoms with Crippen LogP contribution in [0.3, 0.4) is 0 Å². The van der Waals surface area contributed by atoms with Gasteiger partial charge in [0.15, 0.2) is 0 Å². The van der Waals surface area contributed by atoms with Crippen molar-refractivity contribution >= 4 is 17.3 Å². The van der Waals surface area contributed by atoms with Gasteiger partial charge >= 0.3 is 0 Å². The van der Waals surface area contributed by atoms with Crippen molar-refractivity contribution in [2.75, 3.05) is 25.1 Å². The minimum absolute atomic E-state index is 0.199. The zero-order chi connectivity index (χ0) is 12.3. The van der Waals surface area contributed by atoms with Gasteiger partial charge in [-0.1, -0.05) is 23.7 Å². The van der Waals surface area contributed by atoms with Crippen LogP contribution in [0.15, 0.2) is 18.2 Å². The maximum absolute atomic E-state index is 9.41. The van der Waals surface area contributed by atoms with E-state index >= 15 is 0 Å². The van der Waals surface area contributed by atoms with Crippen LogP contribution in [-0.4, -0.2) is 31.3 Å². The number of hydrogen-bond donors (Lipinski definition) is 2. The summed E-state index contributed by atoms with van der Waals surface area (Å²) in [6.45, 7) is 1.97. The zero-order valence-corrected chi connectivity index (χ0v) is 10.9.